The van der Waals surface area contributed by atoms with E-state index in [0.717, 1.165) is 22.9 Å². The number of rotatable bonds is 5. The van der Waals surface area contributed by atoms with Gasteiger partial charge in [0.2, 0.25) is 0 Å². The summed E-state index contributed by atoms with van der Waals surface area (Å²) in [6.07, 6.45) is 1.93. The molecule has 1 atom stereocenters. The Hall–Kier alpha value is -1.16. The first-order chi connectivity index (χ1) is 8.98. The van der Waals surface area contributed by atoms with E-state index >= 15 is 0 Å². The molecule has 1 aromatic rings. The molecule has 2 rings (SSSR count). The third-order valence-electron chi connectivity index (χ3n) is 3.95. The third kappa shape index (κ3) is 2.89. The van der Waals surface area contributed by atoms with Gasteiger partial charge in [-0.2, -0.15) is 0 Å². The van der Waals surface area contributed by atoms with Crippen LogP contribution in [0.3, 0.4) is 0 Å². The van der Waals surface area contributed by atoms with Crippen molar-refractivity contribution in [1.82, 2.24) is 0 Å². The molecule has 0 aliphatic heterocycles. The normalized spacial score (nSPS) is 17.6. The molecule has 19 heavy (non-hydrogen) atoms. The third-order valence-corrected chi connectivity index (χ3v) is 4.48. The molecule has 1 aromatic carbocycles. The topological polar surface area (TPSA) is 43.4 Å². The highest BCUT2D eigenvalue weighted by Gasteiger charge is 2.48. The van der Waals surface area contributed by atoms with Crippen LogP contribution in [0.4, 0.5) is 0 Å². The summed E-state index contributed by atoms with van der Waals surface area (Å²) in [6, 6.07) is 7.78. The van der Waals surface area contributed by atoms with Gasteiger partial charge in [0.05, 0.1) is 12.5 Å². The molecule has 1 aliphatic carbocycles. The number of Topliss-reactive ketones (excluding diaryl/α,β-unsaturated/α-hetero) is 1. The maximum absolute atomic E-state index is 12.5. The van der Waals surface area contributed by atoms with E-state index in [1.165, 1.54) is 7.11 Å². The van der Waals surface area contributed by atoms with Crippen LogP contribution in [-0.2, 0) is 19.7 Å². The molecule has 1 aliphatic rings. The fraction of sp³-hybridized carbons (Fsp3) is 0.467. The van der Waals surface area contributed by atoms with E-state index in [9.17, 15) is 9.59 Å². The molecular formula is C15H17BrO3. The van der Waals surface area contributed by atoms with Gasteiger partial charge in [0.15, 0.2) is 5.78 Å². The Morgan fingerprint density at radius 3 is 2.37 bits per heavy atom. The van der Waals surface area contributed by atoms with Crippen molar-refractivity contribution < 1.29 is 14.3 Å². The number of carbonyl (C=O) groups is 2. The summed E-state index contributed by atoms with van der Waals surface area (Å²) < 4.78 is 5.59. The summed E-state index contributed by atoms with van der Waals surface area (Å²) in [5.74, 6) is -0.177. The predicted octanol–water partition coefficient (Wildman–Crippen LogP) is 3.25. The van der Waals surface area contributed by atoms with Gasteiger partial charge in [-0.05, 0) is 43.4 Å². The van der Waals surface area contributed by atoms with E-state index in [1.807, 2.05) is 31.2 Å². The van der Waals surface area contributed by atoms with Gasteiger partial charge in [-0.15, -0.1) is 0 Å². The first-order valence-corrected chi connectivity index (χ1v) is 7.14. The van der Waals surface area contributed by atoms with Crippen LogP contribution in [0, 0.1) is 5.92 Å². The number of carbonyl (C=O) groups excluding carboxylic acids is 2. The summed E-state index contributed by atoms with van der Waals surface area (Å²) in [6.45, 7) is 1.94. The molecular weight excluding hydrogens is 308 g/mol. The maximum Gasteiger partial charge on any atom is 0.313 e. The number of hydrogen-bond acceptors (Lipinski definition) is 3. The van der Waals surface area contributed by atoms with Gasteiger partial charge in [0, 0.05) is 4.47 Å². The van der Waals surface area contributed by atoms with E-state index in [2.05, 4.69) is 20.7 Å². The number of hydrogen-bond donors (Lipinski definition) is 0. The smallest absolute Gasteiger partial charge is 0.313 e. The Kier molecular flexibility index (Phi) is 4.09. The highest BCUT2D eigenvalue weighted by Crippen LogP contribution is 2.48. The number of ketones is 1. The van der Waals surface area contributed by atoms with Crippen LogP contribution in [0.25, 0.3) is 0 Å². The standard InChI is InChI=1S/C15H17BrO3/c1-15(10-3-4-10,13(17)9-14(18)19-2)11-5-7-12(16)8-6-11/h5-8,10H,3-4,9H2,1-2H3. The first kappa shape index (κ1) is 14.3. The zero-order chi connectivity index (χ0) is 14.0. The molecule has 0 spiro atoms. The predicted molar refractivity (Wildman–Crippen MR) is 75.9 cm³/mol. The van der Waals surface area contributed by atoms with Crippen molar-refractivity contribution in [3.05, 3.63) is 34.3 Å². The van der Waals surface area contributed by atoms with Gasteiger partial charge in [-0.1, -0.05) is 28.1 Å². The Morgan fingerprint density at radius 2 is 1.89 bits per heavy atom. The number of benzene rings is 1. The minimum absolute atomic E-state index is 0.0517. The van der Waals surface area contributed by atoms with Crippen molar-refractivity contribution in [3.63, 3.8) is 0 Å². The zero-order valence-electron chi connectivity index (χ0n) is 11.1. The van der Waals surface area contributed by atoms with E-state index in [0.29, 0.717) is 5.92 Å². The van der Waals surface area contributed by atoms with Crippen molar-refractivity contribution in [3.8, 4) is 0 Å². The van der Waals surface area contributed by atoms with Crippen LogP contribution in [-0.4, -0.2) is 18.9 Å². The highest BCUT2D eigenvalue weighted by atomic mass is 79.9. The molecule has 0 aromatic heterocycles. The quantitative estimate of drug-likeness (QED) is 0.616. The molecule has 3 nitrogen and oxygen atoms in total. The number of halogens is 1. The Labute approximate surface area is 121 Å². The summed E-state index contributed by atoms with van der Waals surface area (Å²) in [5, 5.41) is 0. The van der Waals surface area contributed by atoms with Crippen molar-refractivity contribution in [2.24, 2.45) is 5.92 Å². The Balaban J connectivity index is 2.29. The molecule has 1 unspecified atom stereocenters. The maximum atomic E-state index is 12.5. The summed E-state index contributed by atoms with van der Waals surface area (Å²) in [7, 11) is 1.31. The lowest BCUT2D eigenvalue weighted by molar-refractivity contribution is -0.144. The summed E-state index contributed by atoms with van der Waals surface area (Å²) in [4.78, 5) is 23.8. The monoisotopic (exact) mass is 324 g/mol. The average molecular weight is 325 g/mol. The fourth-order valence-corrected chi connectivity index (χ4v) is 2.73. The van der Waals surface area contributed by atoms with E-state index in [1.54, 1.807) is 0 Å². The first-order valence-electron chi connectivity index (χ1n) is 6.34. The SMILES string of the molecule is COC(=O)CC(=O)C(C)(c1ccc(Br)cc1)C1CC1. The number of ether oxygens (including phenoxy) is 1. The van der Waals surface area contributed by atoms with Gasteiger partial charge in [0.25, 0.3) is 0 Å². The molecule has 1 saturated carbocycles. The minimum Gasteiger partial charge on any atom is -0.469 e. The summed E-state index contributed by atoms with van der Waals surface area (Å²) >= 11 is 3.39. The van der Waals surface area contributed by atoms with Crippen LogP contribution in [0.1, 0.15) is 31.7 Å². The van der Waals surface area contributed by atoms with Crippen molar-refractivity contribution in [1.29, 1.82) is 0 Å². The largest absolute Gasteiger partial charge is 0.469 e. The molecule has 0 bridgehead atoms. The van der Waals surface area contributed by atoms with E-state index < -0.39 is 11.4 Å². The van der Waals surface area contributed by atoms with Gasteiger partial charge >= 0.3 is 5.97 Å². The molecule has 0 N–H and O–H groups in total. The average Bonchev–Trinajstić information content (AvgIpc) is 3.23. The van der Waals surface area contributed by atoms with Crippen LogP contribution >= 0.6 is 15.9 Å². The second-order valence-corrected chi connectivity index (χ2v) is 6.08. The minimum atomic E-state index is -0.575. The summed E-state index contributed by atoms with van der Waals surface area (Å²) in [5.41, 5.74) is 0.404. The van der Waals surface area contributed by atoms with Crippen LogP contribution in [0.15, 0.2) is 28.7 Å². The number of methoxy groups -OCH3 is 1. The van der Waals surface area contributed by atoms with E-state index in [-0.39, 0.29) is 12.2 Å². The van der Waals surface area contributed by atoms with Crippen LogP contribution in [0.5, 0.6) is 0 Å². The van der Waals surface area contributed by atoms with Gasteiger partial charge in [0.1, 0.15) is 6.42 Å². The zero-order valence-corrected chi connectivity index (χ0v) is 12.7. The fourth-order valence-electron chi connectivity index (χ4n) is 2.47. The molecule has 102 valence electrons. The second kappa shape index (κ2) is 5.45. The van der Waals surface area contributed by atoms with Crippen LogP contribution < -0.4 is 0 Å². The van der Waals surface area contributed by atoms with Crippen molar-refractivity contribution >= 4 is 27.7 Å². The second-order valence-electron chi connectivity index (χ2n) is 5.16. The van der Waals surface area contributed by atoms with Crippen molar-refractivity contribution in [2.75, 3.05) is 7.11 Å². The molecule has 0 amide bonds. The molecule has 0 heterocycles. The molecule has 4 heteroatoms. The van der Waals surface area contributed by atoms with Gasteiger partial charge in [-0.3, -0.25) is 9.59 Å². The van der Waals surface area contributed by atoms with Crippen molar-refractivity contribution in [2.45, 2.75) is 31.6 Å². The lowest BCUT2D eigenvalue weighted by atomic mass is 9.73. The Morgan fingerprint density at radius 1 is 1.32 bits per heavy atom. The molecule has 0 saturated heterocycles. The molecule has 0 radical (unpaired) electrons. The lowest BCUT2D eigenvalue weighted by Crippen LogP contribution is -2.36. The Bertz CT molecular complexity index is 491. The van der Waals surface area contributed by atoms with Gasteiger partial charge < -0.3 is 4.74 Å². The number of esters is 1. The van der Waals surface area contributed by atoms with Crippen LogP contribution in [0.2, 0.25) is 0 Å². The molecule has 1 fully saturated rings. The van der Waals surface area contributed by atoms with E-state index in [4.69, 9.17) is 0 Å². The highest BCUT2D eigenvalue weighted by molar-refractivity contribution is 9.10. The van der Waals surface area contributed by atoms with Gasteiger partial charge in [-0.25, -0.2) is 0 Å². The lowest BCUT2D eigenvalue weighted by Gasteiger charge is -2.28.